The van der Waals surface area contributed by atoms with E-state index in [9.17, 15) is 0 Å². The number of ether oxygens (including phenoxy) is 1. The lowest BCUT2D eigenvalue weighted by Crippen LogP contribution is -2.50. The molecular formula is C21H31IN6O. The van der Waals surface area contributed by atoms with Crippen LogP contribution < -0.4 is 5.32 Å². The van der Waals surface area contributed by atoms with Crippen molar-refractivity contribution in [2.45, 2.75) is 32.2 Å². The maximum Gasteiger partial charge on any atom is 0.194 e. The Hall–Kier alpha value is -1.65. The minimum atomic E-state index is 0. The van der Waals surface area contributed by atoms with Gasteiger partial charge in [0, 0.05) is 46.0 Å². The van der Waals surface area contributed by atoms with Crippen LogP contribution in [0.3, 0.4) is 0 Å². The lowest BCUT2D eigenvalue weighted by molar-refractivity contribution is -0.0502. The molecule has 7 nitrogen and oxygen atoms in total. The predicted molar refractivity (Wildman–Crippen MR) is 125 cm³/mol. The molecule has 1 aromatic carbocycles. The van der Waals surface area contributed by atoms with Gasteiger partial charge in [0.1, 0.15) is 0 Å². The van der Waals surface area contributed by atoms with Crippen molar-refractivity contribution in [1.82, 2.24) is 24.9 Å². The van der Waals surface area contributed by atoms with Crippen LogP contribution in [-0.2, 0) is 24.9 Å². The second-order valence-corrected chi connectivity index (χ2v) is 7.45. The maximum absolute atomic E-state index is 6.12. The molecule has 2 unspecified atom stereocenters. The number of benzene rings is 1. The first-order chi connectivity index (χ1) is 13.7. The van der Waals surface area contributed by atoms with E-state index in [0.29, 0.717) is 12.6 Å². The first-order valence-corrected chi connectivity index (χ1v) is 10.1. The Morgan fingerprint density at radius 3 is 2.79 bits per heavy atom. The number of aliphatic imine (C=N–C) groups is 1. The van der Waals surface area contributed by atoms with Gasteiger partial charge >= 0.3 is 0 Å². The van der Waals surface area contributed by atoms with Crippen LogP contribution in [0, 0.1) is 0 Å². The highest BCUT2D eigenvalue weighted by atomic mass is 127. The third-order valence-corrected chi connectivity index (χ3v) is 5.59. The van der Waals surface area contributed by atoms with Crippen LogP contribution in [0.25, 0.3) is 0 Å². The Balaban J connectivity index is 0.00000240. The number of aryl methyl sites for hydroxylation is 1. The quantitative estimate of drug-likeness (QED) is 0.380. The van der Waals surface area contributed by atoms with Gasteiger partial charge in [-0.2, -0.15) is 5.10 Å². The number of likely N-dealkylation sites (tertiary alicyclic amines) is 1. The van der Waals surface area contributed by atoms with Gasteiger partial charge in [0.05, 0.1) is 31.0 Å². The van der Waals surface area contributed by atoms with Crippen LogP contribution >= 0.6 is 24.0 Å². The molecule has 3 heterocycles. The fourth-order valence-corrected chi connectivity index (χ4v) is 4.08. The number of guanidine groups is 1. The van der Waals surface area contributed by atoms with E-state index in [1.807, 2.05) is 24.0 Å². The fraction of sp³-hybridized carbons (Fsp3) is 0.524. The molecule has 2 aliphatic heterocycles. The van der Waals surface area contributed by atoms with Crippen LogP contribution in [0.4, 0.5) is 0 Å². The topological polar surface area (TPSA) is 57.9 Å². The van der Waals surface area contributed by atoms with E-state index < -0.39 is 0 Å². The molecule has 1 aromatic heterocycles. The third kappa shape index (κ3) is 5.29. The van der Waals surface area contributed by atoms with Crippen LogP contribution in [0.1, 0.15) is 18.2 Å². The number of halogens is 1. The number of nitrogens with one attached hydrogen (secondary N) is 1. The zero-order valence-corrected chi connectivity index (χ0v) is 19.5. The predicted octanol–water partition coefficient (Wildman–Crippen LogP) is 2.09. The number of nitrogens with zero attached hydrogens (tertiary/aromatic N) is 5. The number of hydrogen-bond acceptors (Lipinski definition) is 4. The molecule has 2 atom stereocenters. The van der Waals surface area contributed by atoms with E-state index in [-0.39, 0.29) is 30.1 Å². The molecule has 0 aliphatic carbocycles. The Labute approximate surface area is 190 Å². The minimum absolute atomic E-state index is 0. The second kappa shape index (κ2) is 10.4. The Morgan fingerprint density at radius 1 is 1.24 bits per heavy atom. The highest BCUT2D eigenvalue weighted by Gasteiger charge is 2.41. The fourth-order valence-electron chi connectivity index (χ4n) is 4.08. The Bertz CT molecular complexity index is 795. The lowest BCUT2D eigenvalue weighted by Gasteiger charge is -2.36. The summed E-state index contributed by atoms with van der Waals surface area (Å²) < 4.78 is 7.99. The summed E-state index contributed by atoms with van der Waals surface area (Å²) >= 11 is 0. The number of fused-ring (bicyclic) bond motifs is 1. The van der Waals surface area contributed by atoms with Gasteiger partial charge in [-0.3, -0.25) is 9.58 Å². The van der Waals surface area contributed by atoms with Crippen molar-refractivity contribution < 1.29 is 4.74 Å². The Morgan fingerprint density at radius 2 is 2.07 bits per heavy atom. The van der Waals surface area contributed by atoms with E-state index in [4.69, 9.17) is 9.73 Å². The standard InChI is InChI=1S/C21H30N6O.HI/c1-3-22-21(23-13-18-9-10-24-25(18)2)27-15-19-20(16-27)28-12-11-26(19)14-17-7-5-4-6-8-17;/h4-10,19-20H,3,11-16H2,1-2H3,(H,22,23);1H. The van der Waals surface area contributed by atoms with Gasteiger partial charge in [0.15, 0.2) is 5.96 Å². The van der Waals surface area contributed by atoms with Crippen LogP contribution in [0.5, 0.6) is 0 Å². The number of hydrogen-bond donors (Lipinski definition) is 1. The number of morpholine rings is 1. The lowest BCUT2D eigenvalue weighted by atomic mass is 10.1. The van der Waals surface area contributed by atoms with Gasteiger partial charge in [-0.25, -0.2) is 4.99 Å². The molecule has 0 amide bonds. The zero-order valence-electron chi connectivity index (χ0n) is 17.2. The van der Waals surface area contributed by atoms with Gasteiger partial charge in [-0.15, -0.1) is 24.0 Å². The van der Waals surface area contributed by atoms with Gasteiger partial charge in [-0.1, -0.05) is 30.3 Å². The van der Waals surface area contributed by atoms with E-state index in [0.717, 1.165) is 51.0 Å². The summed E-state index contributed by atoms with van der Waals surface area (Å²) in [4.78, 5) is 9.77. The van der Waals surface area contributed by atoms with Crippen molar-refractivity contribution in [1.29, 1.82) is 0 Å². The molecule has 158 valence electrons. The SMILES string of the molecule is CCNC(=NCc1ccnn1C)N1CC2OCCN(Cc3ccccc3)C2C1.I. The third-order valence-electron chi connectivity index (χ3n) is 5.59. The molecule has 0 saturated carbocycles. The zero-order chi connectivity index (χ0) is 19.3. The molecule has 4 rings (SSSR count). The normalized spacial score (nSPS) is 22.3. The minimum Gasteiger partial charge on any atom is -0.373 e. The summed E-state index contributed by atoms with van der Waals surface area (Å²) in [6.07, 6.45) is 2.05. The Kier molecular flexibility index (Phi) is 7.91. The highest BCUT2D eigenvalue weighted by molar-refractivity contribution is 14.0. The summed E-state index contributed by atoms with van der Waals surface area (Å²) in [6.45, 7) is 8.16. The van der Waals surface area contributed by atoms with Crippen molar-refractivity contribution >= 4 is 29.9 Å². The molecule has 0 bridgehead atoms. The summed E-state index contributed by atoms with van der Waals surface area (Å²) in [5.74, 6) is 0.960. The van der Waals surface area contributed by atoms with E-state index in [1.54, 1.807) is 0 Å². The van der Waals surface area contributed by atoms with Gasteiger partial charge < -0.3 is 15.0 Å². The summed E-state index contributed by atoms with van der Waals surface area (Å²) in [6, 6.07) is 13.1. The number of aromatic nitrogens is 2. The van der Waals surface area contributed by atoms with Gasteiger partial charge in [-0.05, 0) is 18.6 Å². The number of rotatable bonds is 5. The average molecular weight is 510 g/mol. The highest BCUT2D eigenvalue weighted by Crippen LogP contribution is 2.24. The van der Waals surface area contributed by atoms with Crippen molar-refractivity contribution in [2.75, 3.05) is 32.8 Å². The van der Waals surface area contributed by atoms with Crippen molar-refractivity contribution in [3.8, 4) is 0 Å². The van der Waals surface area contributed by atoms with Crippen molar-refractivity contribution in [2.24, 2.45) is 12.0 Å². The first-order valence-electron chi connectivity index (χ1n) is 10.1. The molecule has 2 fully saturated rings. The molecule has 0 radical (unpaired) electrons. The van der Waals surface area contributed by atoms with Crippen molar-refractivity contribution in [3.63, 3.8) is 0 Å². The summed E-state index contributed by atoms with van der Waals surface area (Å²) in [5, 5.41) is 7.69. The van der Waals surface area contributed by atoms with Gasteiger partial charge in [0.2, 0.25) is 0 Å². The molecule has 1 N–H and O–H groups in total. The average Bonchev–Trinajstić information content (AvgIpc) is 3.33. The van der Waals surface area contributed by atoms with E-state index in [1.165, 1.54) is 5.56 Å². The largest absolute Gasteiger partial charge is 0.373 e. The molecule has 0 spiro atoms. The van der Waals surface area contributed by atoms with Crippen molar-refractivity contribution in [3.05, 3.63) is 53.9 Å². The second-order valence-electron chi connectivity index (χ2n) is 7.45. The molecule has 2 aromatic rings. The molecule has 29 heavy (non-hydrogen) atoms. The summed E-state index contributed by atoms with van der Waals surface area (Å²) in [7, 11) is 1.96. The maximum atomic E-state index is 6.12. The first kappa shape index (κ1) is 22.0. The molecule has 8 heteroatoms. The summed E-state index contributed by atoms with van der Waals surface area (Å²) in [5.41, 5.74) is 2.47. The smallest absolute Gasteiger partial charge is 0.194 e. The van der Waals surface area contributed by atoms with Crippen LogP contribution in [0.15, 0.2) is 47.6 Å². The molecule has 2 aliphatic rings. The monoisotopic (exact) mass is 510 g/mol. The van der Waals surface area contributed by atoms with Crippen LogP contribution in [-0.4, -0.2) is 70.5 Å². The van der Waals surface area contributed by atoms with Crippen LogP contribution in [0.2, 0.25) is 0 Å². The van der Waals surface area contributed by atoms with E-state index >= 15 is 0 Å². The van der Waals surface area contributed by atoms with E-state index in [2.05, 4.69) is 57.5 Å². The molecule has 2 saturated heterocycles. The molecular weight excluding hydrogens is 479 g/mol. The van der Waals surface area contributed by atoms with Gasteiger partial charge in [0.25, 0.3) is 0 Å².